The lowest BCUT2D eigenvalue weighted by atomic mass is 10.0. The fourth-order valence-electron chi connectivity index (χ4n) is 3.75. The Bertz CT molecular complexity index is 1060. The summed E-state index contributed by atoms with van der Waals surface area (Å²) in [6.07, 6.45) is 0.653. The standard InChI is InChI=1S/C28H31ClN2O2/c1-20(2)30-28(33)26(17-22-8-5-4-6-9-22)31(19-24-10-7-11-25(29)16-24)27(32)18-23-14-12-21(3)13-15-23/h4-16,20,26H,17-19H2,1-3H3,(H,30,33). The zero-order chi connectivity index (χ0) is 23.8. The predicted octanol–water partition coefficient (Wildman–Crippen LogP) is 5.36. The number of carbonyl (C=O) groups excluding carboxylic acids is 2. The molecule has 0 aliphatic heterocycles. The molecule has 3 aromatic carbocycles. The number of hydrogen-bond acceptors (Lipinski definition) is 2. The molecule has 1 atom stereocenters. The van der Waals surface area contributed by atoms with Crippen molar-refractivity contribution in [3.8, 4) is 0 Å². The summed E-state index contributed by atoms with van der Waals surface area (Å²) in [5.74, 6) is -0.258. The lowest BCUT2D eigenvalue weighted by Crippen LogP contribution is -2.52. The molecule has 2 amide bonds. The van der Waals surface area contributed by atoms with E-state index in [9.17, 15) is 9.59 Å². The fraction of sp³-hybridized carbons (Fsp3) is 0.286. The molecule has 5 heteroatoms. The van der Waals surface area contributed by atoms with E-state index in [4.69, 9.17) is 11.6 Å². The third-order valence-corrected chi connectivity index (χ3v) is 5.66. The van der Waals surface area contributed by atoms with Gasteiger partial charge in [-0.2, -0.15) is 0 Å². The van der Waals surface area contributed by atoms with Gasteiger partial charge in [-0.05, 0) is 49.6 Å². The van der Waals surface area contributed by atoms with Crippen molar-refractivity contribution in [3.63, 3.8) is 0 Å². The van der Waals surface area contributed by atoms with Gasteiger partial charge >= 0.3 is 0 Å². The lowest BCUT2D eigenvalue weighted by Gasteiger charge is -2.32. The molecule has 0 aliphatic carbocycles. The maximum Gasteiger partial charge on any atom is 0.243 e. The Labute approximate surface area is 201 Å². The molecule has 33 heavy (non-hydrogen) atoms. The molecule has 0 aromatic heterocycles. The van der Waals surface area contributed by atoms with Crippen LogP contribution in [0, 0.1) is 6.92 Å². The van der Waals surface area contributed by atoms with Crippen LogP contribution in [0.3, 0.4) is 0 Å². The number of benzene rings is 3. The van der Waals surface area contributed by atoms with E-state index in [2.05, 4.69) is 5.32 Å². The molecule has 0 aliphatic rings. The molecular formula is C28H31ClN2O2. The first-order valence-electron chi connectivity index (χ1n) is 11.3. The second kappa shape index (κ2) is 11.7. The fourth-order valence-corrected chi connectivity index (χ4v) is 3.96. The highest BCUT2D eigenvalue weighted by atomic mass is 35.5. The summed E-state index contributed by atoms with van der Waals surface area (Å²) in [7, 11) is 0. The number of hydrogen-bond donors (Lipinski definition) is 1. The van der Waals surface area contributed by atoms with Crippen molar-refractivity contribution >= 4 is 23.4 Å². The van der Waals surface area contributed by atoms with Gasteiger partial charge < -0.3 is 10.2 Å². The Balaban J connectivity index is 1.96. The van der Waals surface area contributed by atoms with Crippen LogP contribution in [-0.2, 0) is 29.0 Å². The highest BCUT2D eigenvalue weighted by molar-refractivity contribution is 6.30. The summed E-state index contributed by atoms with van der Waals surface area (Å²) in [4.78, 5) is 28.6. The van der Waals surface area contributed by atoms with Crippen molar-refractivity contribution in [2.45, 2.75) is 52.2 Å². The first-order chi connectivity index (χ1) is 15.8. The van der Waals surface area contributed by atoms with Crippen molar-refractivity contribution in [3.05, 3.63) is 106 Å². The van der Waals surface area contributed by atoms with Crippen LogP contribution >= 0.6 is 11.6 Å². The van der Waals surface area contributed by atoms with Crippen LogP contribution < -0.4 is 5.32 Å². The van der Waals surface area contributed by atoms with Gasteiger partial charge in [0, 0.05) is 24.0 Å². The van der Waals surface area contributed by atoms with Gasteiger partial charge in [0.25, 0.3) is 0 Å². The average Bonchev–Trinajstić information content (AvgIpc) is 2.78. The molecule has 0 spiro atoms. The molecule has 4 nitrogen and oxygen atoms in total. The number of nitrogens with one attached hydrogen (secondary N) is 1. The van der Waals surface area contributed by atoms with Crippen LogP contribution in [0.4, 0.5) is 0 Å². The lowest BCUT2D eigenvalue weighted by molar-refractivity contribution is -0.141. The van der Waals surface area contributed by atoms with Crippen molar-refractivity contribution < 1.29 is 9.59 Å². The van der Waals surface area contributed by atoms with Crippen molar-refractivity contribution in [1.82, 2.24) is 10.2 Å². The summed E-state index contributed by atoms with van der Waals surface area (Å²) in [6, 6.07) is 24.5. The van der Waals surface area contributed by atoms with E-state index in [-0.39, 0.29) is 24.3 Å². The van der Waals surface area contributed by atoms with Crippen LogP contribution in [0.5, 0.6) is 0 Å². The summed E-state index contributed by atoms with van der Waals surface area (Å²) < 4.78 is 0. The maximum atomic E-state index is 13.6. The van der Waals surface area contributed by atoms with E-state index in [1.165, 1.54) is 0 Å². The van der Waals surface area contributed by atoms with Gasteiger partial charge in [0.05, 0.1) is 6.42 Å². The number of rotatable bonds is 9. The highest BCUT2D eigenvalue weighted by Gasteiger charge is 2.30. The average molecular weight is 463 g/mol. The predicted molar refractivity (Wildman–Crippen MR) is 134 cm³/mol. The Hall–Kier alpha value is -3.11. The molecule has 1 N–H and O–H groups in total. The van der Waals surface area contributed by atoms with Crippen LogP contribution in [-0.4, -0.2) is 28.8 Å². The van der Waals surface area contributed by atoms with Crippen molar-refractivity contribution in [2.24, 2.45) is 0 Å². The molecule has 0 saturated heterocycles. The maximum absolute atomic E-state index is 13.6. The van der Waals surface area contributed by atoms with Gasteiger partial charge in [0.2, 0.25) is 11.8 Å². The summed E-state index contributed by atoms with van der Waals surface area (Å²) in [5, 5.41) is 3.61. The second-order valence-electron chi connectivity index (χ2n) is 8.68. The van der Waals surface area contributed by atoms with Gasteiger partial charge in [0.15, 0.2) is 0 Å². The molecule has 3 aromatic rings. The molecule has 172 valence electrons. The Morgan fingerprint density at radius 1 is 0.879 bits per heavy atom. The minimum atomic E-state index is -0.647. The molecule has 3 rings (SSSR count). The summed E-state index contributed by atoms with van der Waals surface area (Å²) in [6.45, 7) is 6.16. The van der Waals surface area contributed by atoms with E-state index >= 15 is 0 Å². The van der Waals surface area contributed by atoms with Crippen LogP contribution in [0.1, 0.15) is 36.1 Å². The largest absolute Gasteiger partial charge is 0.352 e. The van der Waals surface area contributed by atoms with Gasteiger partial charge in [-0.1, -0.05) is 83.9 Å². The third kappa shape index (κ3) is 7.47. The summed E-state index contributed by atoms with van der Waals surface area (Å²) in [5.41, 5.74) is 3.94. The number of carbonyl (C=O) groups is 2. The number of halogens is 1. The Morgan fingerprint density at radius 3 is 2.18 bits per heavy atom. The van der Waals surface area contributed by atoms with Gasteiger partial charge in [-0.15, -0.1) is 0 Å². The van der Waals surface area contributed by atoms with Crippen LogP contribution in [0.25, 0.3) is 0 Å². The normalized spacial score (nSPS) is 11.8. The van der Waals surface area contributed by atoms with Gasteiger partial charge in [-0.3, -0.25) is 9.59 Å². The van der Waals surface area contributed by atoms with Crippen LogP contribution in [0.15, 0.2) is 78.9 Å². The van der Waals surface area contributed by atoms with E-state index in [0.29, 0.717) is 18.0 Å². The second-order valence-corrected chi connectivity index (χ2v) is 9.12. The minimum absolute atomic E-state index is 0.0315. The molecule has 0 fully saturated rings. The highest BCUT2D eigenvalue weighted by Crippen LogP contribution is 2.19. The first kappa shape index (κ1) is 24.5. The smallest absolute Gasteiger partial charge is 0.243 e. The molecular weight excluding hydrogens is 432 g/mol. The zero-order valence-corrected chi connectivity index (χ0v) is 20.2. The monoisotopic (exact) mass is 462 g/mol. The zero-order valence-electron chi connectivity index (χ0n) is 19.4. The van der Waals surface area contributed by atoms with Crippen LogP contribution in [0.2, 0.25) is 5.02 Å². The van der Waals surface area contributed by atoms with Crippen molar-refractivity contribution in [1.29, 1.82) is 0 Å². The molecule has 0 bridgehead atoms. The quantitative estimate of drug-likeness (QED) is 0.465. The van der Waals surface area contributed by atoms with Gasteiger partial charge in [0.1, 0.15) is 6.04 Å². The Morgan fingerprint density at radius 2 is 1.55 bits per heavy atom. The van der Waals surface area contributed by atoms with E-state index < -0.39 is 6.04 Å². The number of aryl methyl sites for hydroxylation is 1. The molecule has 0 radical (unpaired) electrons. The molecule has 0 saturated carbocycles. The third-order valence-electron chi connectivity index (χ3n) is 5.42. The molecule has 0 heterocycles. The van der Waals surface area contributed by atoms with Crippen molar-refractivity contribution in [2.75, 3.05) is 0 Å². The van der Waals surface area contributed by atoms with Gasteiger partial charge in [-0.25, -0.2) is 0 Å². The topological polar surface area (TPSA) is 49.4 Å². The first-order valence-corrected chi connectivity index (χ1v) is 11.6. The minimum Gasteiger partial charge on any atom is -0.352 e. The van der Waals surface area contributed by atoms with E-state index in [1.54, 1.807) is 11.0 Å². The van der Waals surface area contributed by atoms with E-state index in [0.717, 1.165) is 22.3 Å². The molecule has 1 unspecified atom stereocenters. The number of nitrogens with zero attached hydrogens (tertiary/aromatic N) is 1. The number of amides is 2. The summed E-state index contributed by atoms with van der Waals surface area (Å²) >= 11 is 6.21. The Kier molecular flexibility index (Phi) is 8.67. The van der Waals surface area contributed by atoms with E-state index in [1.807, 2.05) is 93.6 Å². The SMILES string of the molecule is Cc1ccc(CC(=O)N(Cc2cccc(Cl)c2)C(Cc2ccccc2)C(=O)NC(C)C)cc1.